The van der Waals surface area contributed by atoms with Crippen LogP contribution in [0.1, 0.15) is 11.1 Å². The third kappa shape index (κ3) is 2.16. The Morgan fingerprint density at radius 3 is 2.11 bits per heavy atom. The Kier molecular flexibility index (Phi) is 3.31. The largest absolute Gasteiger partial charge is 0.0620 e. The highest BCUT2D eigenvalue weighted by Gasteiger charge is 2.10. The summed E-state index contributed by atoms with van der Waals surface area (Å²) in [6, 6.07) is 19.6. The van der Waals surface area contributed by atoms with Gasteiger partial charge in [0.25, 0.3) is 0 Å². The summed E-state index contributed by atoms with van der Waals surface area (Å²) in [5, 5.41) is 2.70. The summed E-state index contributed by atoms with van der Waals surface area (Å²) < 4.78 is 1.32. The van der Waals surface area contributed by atoms with Crippen LogP contribution in [0.4, 0.5) is 0 Å². The van der Waals surface area contributed by atoms with Gasteiger partial charge < -0.3 is 0 Å². The van der Waals surface area contributed by atoms with Crippen molar-refractivity contribution in [1.82, 2.24) is 0 Å². The Balaban J connectivity index is 2.38. The Morgan fingerprint density at radius 1 is 0.737 bits per heavy atom. The Hall–Kier alpha value is -1.35. The van der Waals surface area contributed by atoms with Gasteiger partial charge in [-0.05, 0) is 75.5 Å². The lowest BCUT2D eigenvalue weighted by atomic mass is 9.93. The van der Waals surface area contributed by atoms with Crippen LogP contribution in [-0.2, 0) is 0 Å². The molecule has 0 aliphatic rings. The molecule has 0 radical (unpaired) electrons. The van der Waals surface area contributed by atoms with Gasteiger partial charge in [-0.15, -0.1) is 0 Å². The van der Waals surface area contributed by atoms with E-state index < -0.39 is 0 Å². The molecule has 0 aliphatic carbocycles. The van der Waals surface area contributed by atoms with Gasteiger partial charge in [0, 0.05) is 3.57 Å². The van der Waals surface area contributed by atoms with E-state index in [-0.39, 0.29) is 0 Å². The maximum atomic E-state index is 2.44. The molecule has 0 bridgehead atoms. The standard InChI is InChI=1S/C18H15I/c1-12-7-3-4-8-14(12)17-11-18(19)16-10-6-5-9-15(16)13(17)2/h3-11H,1-2H3. The van der Waals surface area contributed by atoms with Crippen molar-refractivity contribution in [2.24, 2.45) is 0 Å². The third-order valence-corrected chi connectivity index (χ3v) is 4.59. The number of hydrogen-bond donors (Lipinski definition) is 0. The van der Waals surface area contributed by atoms with Crippen LogP contribution in [0.5, 0.6) is 0 Å². The smallest absolute Gasteiger partial charge is 0.0215 e. The molecule has 0 amide bonds. The Bertz CT molecular complexity index is 757. The van der Waals surface area contributed by atoms with Gasteiger partial charge in [-0.1, -0.05) is 48.5 Å². The highest BCUT2D eigenvalue weighted by atomic mass is 127. The van der Waals surface area contributed by atoms with Crippen LogP contribution < -0.4 is 0 Å². The van der Waals surface area contributed by atoms with Gasteiger partial charge >= 0.3 is 0 Å². The van der Waals surface area contributed by atoms with E-state index in [1.807, 2.05) is 0 Å². The van der Waals surface area contributed by atoms with Crippen molar-refractivity contribution >= 4 is 33.4 Å². The minimum atomic E-state index is 1.32. The van der Waals surface area contributed by atoms with Crippen LogP contribution in [0.2, 0.25) is 0 Å². The summed E-state index contributed by atoms with van der Waals surface area (Å²) in [7, 11) is 0. The SMILES string of the molecule is Cc1ccccc1-c1cc(I)c2ccccc2c1C. The summed E-state index contributed by atoms with van der Waals surface area (Å²) in [4.78, 5) is 0. The maximum absolute atomic E-state index is 2.44. The lowest BCUT2D eigenvalue weighted by Gasteiger charge is -2.13. The molecule has 1 heteroatoms. The molecule has 3 aromatic rings. The van der Waals surface area contributed by atoms with Crippen LogP contribution in [0.25, 0.3) is 21.9 Å². The molecule has 0 N–H and O–H groups in total. The fourth-order valence-corrected chi connectivity index (χ4v) is 3.41. The fraction of sp³-hybridized carbons (Fsp3) is 0.111. The van der Waals surface area contributed by atoms with Crippen molar-refractivity contribution in [1.29, 1.82) is 0 Å². The van der Waals surface area contributed by atoms with Gasteiger partial charge in [0.1, 0.15) is 0 Å². The number of hydrogen-bond acceptors (Lipinski definition) is 0. The van der Waals surface area contributed by atoms with Gasteiger partial charge in [-0.3, -0.25) is 0 Å². The van der Waals surface area contributed by atoms with Gasteiger partial charge in [0.15, 0.2) is 0 Å². The van der Waals surface area contributed by atoms with Gasteiger partial charge in [-0.2, -0.15) is 0 Å². The number of fused-ring (bicyclic) bond motifs is 1. The van der Waals surface area contributed by atoms with Crippen molar-refractivity contribution in [2.75, 3.05) is 0 Å². The summed E-state index contributed by atoms with van der Waals surface area (Å²) in [6.07, 6.45) is 0. The number of halogens is 1. The van der Waals surface area contributed by atoms with E-state index in [0.29, 0.717) is 0 Å². The average molecular weight is 358 g/mol. The zero-order valence-corrected chi connectivity index (χ0v) is 13.2. The molecule has 0 spiro atoms. The molecule has 94 valence electrons. The van der Waals surface area contributed by atoms with Crippen LogP contribution in [0.15, 0.2) is 54.6 Å². The average Bonchev–Trinajstić information content (AvgIpc) is 2.44. The summed E-state index contributed by atoms with van der Waals surface area (Å²) in [6.45, 7) is 4.40. The van der Waals surface area contributed by atoms with E-state index in [9.17, 15) is 0 Å². The highest BCUT2D eigenvalue weighted by Crippen LogP contribution is 2.34. The quantitative estimate of drug-likeness (QED) is 0.488. The molecule has 0 saturated heterocycles. The van der Waals surface area contributed by atoms with Crippen LogP contribution in [0, 0.1) is 17.4 Å². The van der Waals surface area contributed by atoms with Gasteiger partial charge in [-0.25, -0.2) is 0 Å². The zero-order chi connectivity index (χ0) is 13.4. The highest BCUT2D eigenvalue weighted by molar-refractivity contribution is 14.1. The summed E-state index contributed by atoms with van der Waals surface area (Å²) in [5.41, 5.74) is 5.38. The molecule has 3 aromatic carbocycles. The second-order valence-electron chi connectivity index (χ2n) is 4.89. The normalized spacial score (nSPS) is 10.9. The Morgan fingerprint density at radius 2 is 1.37 bits per heavy atom. The lowest BCUT2D eigenvalue weighted by molar-refractivity contribution is 1.42. The minimum absolute atomic E-state index is 1.32. The molecule has 0 aromatic heterocycles. The second-order valence-corrected chi connectivity index (χ2v) is 6.05. The lowest BCUT2D eigenvalue weighted by Crippen LogP contribution is -1.90. The second kappa shape index (κ2) is 4.97. The minimum Gasteiger partial charge on any atom is -0.0620 e. The van der Waals surface area contributed by atoms with E-state index in [2.05, 4.69) is 91.0 Å². The molecule has 19 heavy (non-hydrogen) atoms. The number of rotatable bonds is 1. The van der Waals surface area contributed by atoms with E-state index >= 15 is 0 Å². The van der Waals surface area contributed by atoms with Crippen LogP contribution in [-0.4, -0.2) is 0 Å². The maximum Gasteiger partial charge on any atom is 0.0215 e. The van der Waals surface area contributed by atoms with Crippen molar-refractivity contribution in [3.8, 4) is 11.1 Å². The molecule has 0 atom stereocenters. The van der Waals surface area contributed by atoms with Crippen molar-refractivity contribution in [3.63, 3.8) is 0 Å². The Labute approximate surface area is 127 Å². The molecule has 0 unspecified atom stereocenters. The summed E-state index contributed by atoms with van der Waals surface area (Å²) in [5.74, 6) is 0. The third-order valence-electron chi connectivity index (χ3n) is 3.70. The van der Waals surface area contributed by atoms with Gasteiger partial charge in [0.05, 0.1) is 0 Å². The number of aryl methyl sites for hydroxylation is 2. The monoisotopic (exact) mass is 358 g/mol. The molecule has 3 rings (SSSR count). The predicted molar refractivity (Wildman–Crippen MR) is 91.6 cm³/mol. The predicted octanol–water partition coefficient (Wildman–Crippen LogP) is 5.73. The topological polar surface area (TPSA) is 0 Å². The fourth-order valence-electron chi connectivity index (χ4n) is 2.63. The summed E-state index contributed by atoms with van der Waals surface area (Å²) >= 11 is 2.44. The zero-order valence-electron chi connectivity index (χ0n) is 11.1. The molecule has 0 heterocycles. The first-order valence-corrected chi connectivity index (χ1v) is 7.50. The van der Waals surface area contributed by atoms with Crippen molar-refractivity contribution in [3.05, 3.63) is 69.3 Å². The van der Waals surface area contributed by atoms with E-state index in [0.717, 1.165) is 0 Å². The molecule has 0 saturated carbocycles. The van der Waals surface area contributed by atoms with Crippen LogP contribution >= 0.6 is 22.6 Å². The molecular formula is C18H15I. The first kappa shape index (κ1) is 12.7. The number of benzene rings is 3. The van der Waals surface area contributed by atoms with Crippen LogP contribution in [0.3, 0.4) is 0 Å². The first-order chi connectivity index (χ1) is 9.18. The molecule has 0 aliphatic heterocycles. The van der Waals surface area contributed by atoms with Crippen molar-refractivity contribution < 1.29 is 0 Å². The van der Waals surface area contributed by atoms with E-state index in [4.69, 9.17) is 0 Å². The van der Waals surface area contributed by atoms with Crippen molar-refractivity contribution in [2.45, 2.75) is 13.8 Å². The molecule has 0 nitrogen and oxygen atoms in total. The van der Waals surface area contributed by atoms with E-state index in [1.54, 1.807) is 0 Å². The van der Waals surface area contributed by atoms with Gasteiger partial charge in [0.2, 0.25) is 0 Å². The van der Waals surface area contributed by atoms with E-state index in [1.165, 1.54) is 36.6 Å². The first-order valence-electron chi connectivity index (χ1n) is 6.42. The molecule has 0 fully saturated rings. The molecular weight excluding hydrogens is 343 g/mol.